The molecule has 98 valence electrons. The number of hydrogen-bond donors (Lipinski definition) is 1. The average Bonchev–Trinajstić information content (AvgIpc) is 2.70. The molecule has 1 aromatic carbocycles. The monoisotopic (exact) mass is 267 g/mol. The quantitative estimate of drug-likeness (QED) is 0.905. The highest BCUT2D eigenvalue weighted by molar-refractivity contribution is 7.91. The van der Waals surface area contributed by atoms with E-state index < -0.39 is 15.8 Å². The van der Waals surface area contributed by atoms with Gasteiger partial charge < -0.3 is 5.32 Å². The molecule has 1 amide bonds. The number of hydrogen-bond acceptors (Lipinski definition) is 3. The minimum atomic E-state index is -3.01. The first kappa shape index (κ1) is 13.1. The number of rotatable bonds is 3. The van der Waals surface area contributed by atoms with Crippen LogP contribution in [0.3, 0.4) is 0 Å². The molecular formula is C13H17NO3S. The first-order valence-electron chi connectivity index (χ1n) is 6.10. The summed E-state index contributed by atoms with van der Waals surface area (Å²) in [5, 5.41) is 2.79. The van der Waals surface area contributed by atoms with Gasteiger partial charge in [0.25, 0.3) is 0 Å². The van der Waals surface area contributed by atoms with Crippen LogP contribution in [-0.2, 0) is 21.1 Å². The van der Waals surface area contributed by atoms with Gasteiger partial charge in [-0.05, 0) is 30.5 Å². The lowest BCUT2D eigenvalue weighted by molar-refractivity contribution is -0.119. The fourth-order valence-electron chi connectivity index (χ4n) is 2.12. The largest absolute Gasteiger partial charge is 0.326 e. The molecule has 5 heteroatoms. The Morgan fingerprint density at radius 2 is 2.22 bits per heavy atom. The second-order valence-corrected chi connectivity index (χ2v) is 6.87. The van der Waals surface area contributed by atoms with Crippen molar-refractivity contribution in [3.63, 3.8) is 0 Å². The first-order valence-corrected chi connectivity index (χ1v) is 7.92. The fourth-order valence-corrected chi connectivity index (χ4v) is 3.86. The molecule has 0 aliphatic carbocycles. The van der Waals surface area contributed by atoms with Crippen LogP contribution in [-0.4, -0.2) is 25.8 Å². The van der Waals surface area contributed by atoms with Crippen molar-refractivity contribution in [2.24, 2.45) is 5.92 Å². The van der Waals surface area contributed by atoms with Gasteiger partial charge in [-0.1, -0.05) is 19.1 Å². The molecule has 1 N–H and O–H groups in total. The lowest BCUT2D eigenvalue weighted by atomic mass is 10.1. The number of carbonyl (C=O) groups excluding carboxylic acids is 1. The lowest BCUT2D eigenvalue weighted by Crippen LogP contribution is -2.23. The van der Waals surface area contributed by atoms with E-state index in [2.05, 4.69) is 5.32 Å². The van der Waals surface area contributed by atoms with Crippen LogP contribution in [0.4, 0.5) is 5.69 Å². The molecule has 2 rings (SSSR count). The standard InChI is InChI=1S/C13H17NO3S/c1-2-10-4-3-5-12(8-10)14-13(15)11-6-7-18(16,17)9-11/h3-5,8,11H,2,6-7,9H2,1H3,(H,14,15)/t11-/m0/s1. The number of anilines is 1. The van der Waals surface area contributed by atoms with Crippen molar-refractivity contribution in [3.05, 3.63) is 29.8 Å². The molecular weight excluding hydrogens is 250 g/mol. The number of amides is 1. The Morgan fingerprint density at radius 3 is 2.83 bits per heavy atom. The molecule has 18 heavy (non-hydrogen) atoms. The first-order chi connectivity index (χ1) is 8.50. The minimum absolute atomic E-state index is 0.0215. The highest BCUT2D eigenvalue weighted by atomic mass is 32.2. The van der Waals surface area contributed by atoms with Crippen LogP contribution in [0.15, 0.2) is 24.3 Å². The maximum Gasteiger partial charge on any atom is 0.228 e. The van der Waals surface area contributed by atoms with Gasteiger partial charge in [-0.15, -0.1) is 0 Å². The second-order valence-electron chi connectivity index (χ2n) is 4.64. The predicted molar refractivity (Wildman–Crippen MR) is 71.2 cm³/mol. The molecule has 0 saturated carbocycles. The van der Waals surface area contributed by atoms with E-state index in [-0.39, 0.29) is 17.4 Å². The smallest absolute Gasteiger partial charge is 0.228 e. The molecule has 1 aromatic rings. The van der Waals surface area contributed by atoms with E-state index in [4.69, 9.17) is 0 Å². The Labute approximate surface area is 107 Å². The van der Waals surface area contributed by atoms with E-state index >= 15 is 0 Å². The van der Waals surface area contributed by atoms with Crippen LogP contribution in [0, 0.1) is 5.92 Å². The van der Waals surface area contributed by atoms with Gasteiger partial charge in [0.05, 0.1) is 17.4 Å². The molecule has 0 bridgehead atoms. The Hall–Kier alpha value is -1.36. The van der Waals surface area contributed by atoms with Gasteiger partial charge in [-0.25, -0.2) is 8.42 Å². The summed E-state index contributed by atoms with van der Waals surface area (Å²) in [5.41, 5.74) is 1.88. The molecule has 1 aliphatic heterocycles. The summed E-state index contributed by atoms with van der Waals surface area (Å²) in [6.45, 7) is 2.05. The molecule has 1 heterocycles. The summed E-state index contributed by atoms with van der Waals surface area (Å²) < 4.78 is 22.6. The summed E-state index contributed by atoms with van der Waals surface area (Å²) in [6, 6.07) is 7.62. The van der Waals surface area contributed by atoms with Crippen molar-refractivity contribution in [3.8, 4) is 0 Å². The molecule has 0 spiro atoms. The van der Waals surface area contributed by atoms with Crippen LogP contribution in [0.5, 0.6) is 0 Å². The van der Waals surface area contributed by atoms with Crippen molar-refractivity contribution < 1.29 is 13.2 Å². The molecule has 1 saturated heterocycles. The second kappa shape index (κ2) is 5.10. The zero-order chi connectivity index (χ0) is 13.2. The van der Waals surface area contributed by atoms with Gasteiger partial charge in [0, 0.05) is 5.69 Å². The number of nitrogens with one attached hydrogen (secondary N) is 1. The minimum Gasteiger partial charge on any atom is -0.326 e. The highest BCUT2D eigenvalue weighted by Gasteiger charge is 2.32. The summed E-state index contributed by atoms with van der Waals surface area (Å²) in [5.74, 6) is -0.489. The van der Waals surface area contributed by atoms with E-state index in [0.29, 0.717) is 6.42 Å². The number of benzene rings is 1. The van der Waals surface area contributed by atoms with Crippen molar-refractivity contribution in [2.45, 2.75) is 19.8 Å². The van der Waals surface area contributed by atoms with Gasteiger partial charge in [0.15, 0.2) is 9.84 Å². The van der Waals surface area contributed by atoms with Crippen molar-refractivity contribution in [2.75, 3.05) is 16.8 Å². The molecule has 1 fully saturated rings. The van der Waals surface area contributed by atoms with E-state index in [0.717, 1.165) is 17.7 Å². The van der Waals surface area contributed by atoms with Crippen LogP contribution in [0.2, 0.25) is 0 Å². The molecule has 4 nitrogen and oxygen atoms in total. The van der Waals surface area contributed by atoms with Crippen LogP contribution < -0.4 is 5.32 Å². The van der Waals surface area contributed by atoms with E-state index in [1.165, 1.54) is 0 Å². The number of carbonyl (C=O) groups is 1. The van der Waals surface area contributed by atoms with Crippen LogP contribution in [0.25, 0.3) is 0 Å². The van der Waals surface area contributed by atoms with E-state index in [1.54, 1.807) is 0 Å². The SMILES string of the molecule is CCc1cccc(NC(=O)[C@H]2CCS(=O)(=O)C2)c1. The maximum atomic E-state index is 11.9. The molecule has 1 atom stereocenters. The molecule has 0 unspecified atom stereocenters. The highest BCUT2D eigenvalue weighted by Crippen LogP contribution is 2.20. The van der Waals surface area contributed by atoms with Gasteiger partial charge >= 0.3 is 0 Å². The summed E-state index contributed by atoms with van der Waals surface area (Å²) in [4.78, 5) is 11.9. The number of aryl methyl sites for hydroxylation is 1. The van der Waals surface area contributed by atoms with E-state index in [9.17, 15) is 13.2 Å². The summed E-state index contributed by atoms with van der Waals surface area (Å²) >= 11 is 0. The number of sulfone groups is 1. The zero-order valence-corrected chi connectivity index (χ0v) is 11.2. The van der Waals surface area contributed by atoms with Crippen molar-refractivity contribution in [1.29, 1.82) is 0 Å². The summed E-state index contributed by atoms with van der Waals surface area (Å²) in [7, 11) is -3.01. The Kier molecular flexibility index (Phi) is 3.71. The maximum absolute atomic E-state index is 11.9. The Morgan fingerprint density at radius 1 is 1.44 bits per heavy atom. The van der Waals surface area contributed by atoms with Crippen LogP contribution >= 0.6 is 0 Å². The van der Waals surface area contributed by atoms with Crippen molar-refractivity contribution >= 4 is 21.4 Å². The van der Waals surface area contributed by atoms with Gasteiger partial charge in [0.2, 0.25) is 5.91 Å². The van der Waals surface area contributed by atoms with E-state index in [1.807, 2.05) is 31.2 Å². The zero-order valence-electron chi connectivity index (χ0n) is 10.3. The fraction of sp³-hybridized carbons (Fsp3) is 0.462. The third-order valence-electron chi connectivity index (χ3n) is 3.21. The Bertz CT molecular complexity index is 551. The van der Waals surface area contributed by atoms with Gasteiger partial charge in [-0.2, -0.15) is 0 Å². The van der Waals surface area contributed by atoms with Gasteiger partial charge in [0.1, 0.15) is 0 Å². The van der Waals surface area contributed by atoms with Crippen LogP contribution in [0.1, 0.15) is 18.9 Å². The lowest BCUT2D eigenvalue weighted by Gasteiger charge is -2.10. The molecule has 0 aromatic heterocycles. The third kappa shape index (κ3) is 3.10. The molecule has 1 aliphatic rings. The normalized spacial score (nSPS) is 21.7. The topological polar surface area (TPSA) is 63.2 Å². The average molecular weight is 267 g/mol. The Balaban J connectivity index is 2.03. The predicted octanol–water partition coefficient (Wildman–Crippen LogP) is 1.62. The molecule has 0 radical (unpaired) electrons. The van der Waals surface area contributed by atoms with Gasteiger partial charge in [-0.3, -0.25) is 4.79 Å². The summed E-state index contributed by atoms with van der Waals surface area (Å²) in [6.07, 6.45) is 1.34. The van der Waals surface area contributed by atoms with Crippen molar-refractivity contribution in [1.82, 2.24) is 0 Å². The third-order valence-corrected chi connectivity index (χ3v) is 4.97.